The summed E-state index contributed by atoms with van der Waals surface area (Å²) in [6.45, 7) is 0.206. The third kappa shape index (κ3) is 3.40. The molecule has 1 fully saturated rings. The first-order valence-corrected chi connectivity index (χ1v) is 7.92. The van der Waals surface area contributed by atoms with Gasteiger partial charge in [0.05, 0.1) is 11.1 Å². The molecule has 3 rings (SSSR count). The molecule has 1 aliphatic carbocycles. The van der Waals surface area contributed by atoms with Gasteiger partial charge in [0.1, 0.15) is 6.61 Å². The number of nitrogens with one attached hydrogen (secondary N) is 1. The summed E-state index contributed by atoms with van der Waals surface area (Å²) in [6, 6.07) is 16.2. The number of benzene rings is 2. The molecule has 0 spiro atoms. The van der Waals surface area contributed by atoms with E-state index in [0.717, 1.165) is 30.4 Å². The van der Waals surface area contributed by atoms with Crippen molar-refractivity contribution < 1.29 is 19.4 Å². The highest BCUT2D eigenvalue weighted by Crippen LogP contribution is 2.41. The van der Waals surface area contributed by atoms with E-state index >= 15 is 0 Å². The summed E-state index contributed by atoms with van der Waals surface area (Å²) in [4.78, 5) is 23.3. The molecule has 0 saturated heterocycles. The summed E-state index contributed by atoms with van der Waals surface area (Å²) in [6.07, 6.45) is 2.04. The van der Waals surface area contributed by atoms with Crippen LogP contribution in [0.3, 0.4) is 0 Å². The lowest BCUT2D eigenvalue weighted by molar-refractivity contribution is 0.0696. The van der Waals surface area contributed by atoms with Crippen LogP contribution in [0.1, 0.15) is 40.7 Å². The summed E-state index contributed by atoms with van der Waals surface area (Å²) >= 11 is 0. The molecular formula is C19H19NO4. The van der Waals surface area contributed by atoms with Crippen LogP contribution in [0, 0.1) is 0 Å². The molecular weight excluding hydrogens is 306 g/mol. The maximum Gasteiger partial charge on any atom is 0.408 e. The Hall–Kier alpha value is -2.82. The lowest BCUT2D eigenvalue weighted by Gasteiger charge is -2.42. The molecule has 1 amide bonds. The molecule has 0 aliphatic heterocycles. The molecule has 5 nitrogen and oxygen atoms in total. The molecule has 0 atom stereocenters. The Morgan fingerprint density at radius 2 is 1.83 bits per heavy atom. The minimum absolute atomic E-state index is 0.206. The van der Waals surface area contributed by atoms with Gasteiger partial charge in [-0.15, -0.1) is 0 Å². The molecule has 1 saturated carbocycles. The second kappa shape index (κ2) is 6.74. The summed E-state index contributed by atoms with van der Waals surface area (Å²) in [5, 5.41) is 12.1. The number of amides is 1. The molecule has 5 heteroatoms. The van der Waals surface area contributed by atoms with Crippen LogP contribution in [-0.4, -0.2) is 17.2 Å². The second-order valence-corrected chi connectivity index (χ2v) is 6.01. The van der Waals surface area contributed by atoms with Crippen molar-refractivity contribution in [2.75, 3.05) is 0 Å². The topological polar surface area (TPSA) is 75.6 Å². The van der Waals surface area contributed by atoms with Crippen LogP contribution >= 0.6 is 0 Å². The molecule has 2 aromatic rings. The molecule has 0 radical (unpaired) electrons. The maximum atomic E-state index is 12.2. The summed E-state index contributed by atoms with van der Waals surface area (Å²) in [5.41, 5.74) is 1.42. The number of aromatic carboxylic acids is 1. The van der Waals surface area contributed by atoms with Gasteiger partial charge >= 0.3 is 12.1 Å². The Morgan fingerprint density at radius 1 is 1.08 bits per heavy atom. The number of hydrogen-bond donors (Lipinski definition) is 2. The highest BCUT2D eigenvalue weighted by Gasteiger charge is 2.40. The fourth-order valence-electron chi connectivity index (χ4n) is 2.92. The predicted octanol–water partition coefficient (Wildman–Crippen LogP) is 3.69. The van der Waals surface area contributed by atoms with E-state index in [1.165, 1.54) is 0 Å². The standard InChI is InChI=1S/C19H19NO4/c21-17(22)15-8-4-9-16(12-15)19(10-5-11-19)20-18(23)24-13-14-6-2-1-3-7-14/h1-4,6-9,12H,5,10-11,13H2,(H,20,23)(H,21,22). The normalized spacial score (nSPS) is 15.2. The third-order valence-corrected chi connectivity index (χ3v) is 4.42. The van der Waals surface area contributed by atoms with Crippen molar-refractivity contribution in [3.63, 3.8) is 0 Å². The van der Waals surface area contributed by atoms with Gasteiger partial charge in [0.25, 0.3) is 0 Å². The molecule has 1 aliphatic rings. The number of ether oxygens (including phenoxy) is 1. The SMILES string of the molecule is O=C(NC1(c2cccc(C(=O)O)c2)CCC1)OCc1ccccc1. The van der Waals surface area contributed by atoms with Crippen molar-refractivity contribution in [2.24, 2.45) is 0 Å². The first-order chi connectivity index (χ1) is 11.6. The molecule has 2 aromatic carbocycles. The minimum Gasteiger partial charge on any atom is -0.478 e. The van der Waals surface area contributed by atoms with Crippen LogP contribution in [0.4, 0.5) is 4.79 Å². The maximum absolute atomic E-state index is 12.2. The van der Waals surface area contributed by atoms with E-state index in [9.17, 15) is 9.59 Å². The first-order valence-electron chi connectivity index (χ1n) is 7.92. The van der Waals surface area contributed by atoms with E-state index in [4.69, 9.17) is 9.84 Å². The second-order valence-electron chi connectivity index (χ2n) is 6.01. The molecule has 24 heavy (non-hydrogen) atoms. The van der Waals surface area contributed by atoms with Crippen LogP contribution in [-0.2, 0) is 16.9 Å². The fourth-order valence-corrected chi connectivity index (χ4v) is 2.92. The van der Waals surface area contributed by atoms with E-state index in [2.05, 4.69) is 5.32 Å². The van der Waals surface area contributed by atoms with Gasteiger partial charge in [-0.25, -0.2) is 9.59 Å². The van der Waals surface area contributed by atoms with Crippen LogP contribution in [0.2, 0.25) is 0 Å². The number of carbonyl (C=O) groups excluding carboxylic acids is 1. The molecule has 0 heterocycles. The van der Waals surface area contributed by atoms with Crippen molar-refractivity contribution in [1.29, 1.82) is 0 Å². The highest BCUT2D eigenvalue weighted by molar-refractivity contribution is 5.87. The number of alkyl carbamates (subject to hydrolysis) is 1. The van der Waals surface area contributed by atoms with Gasteiger partial charge in [-0.05, 0) is 42.5 Å². The smallest absolute Gasteiger partial charge is 0.408 e. The van der Waals surface area contributed by atoms with Gasteiger partial charge in [0.15, 0.2) is 0 Å². The number of carboxylic acids is 1. The summed E-state index contributed by atoms with van der Waals surface area (Å²) in [5.74, 6) is -0.974. The monoisotopic (exact) mass is 325 g/mol. The highest BCUT2D eigenvalue weighted by atomic mass is 16.5. The molecule has 2 N–H and O–H groups in total. The van der Waals surface area contributed by atoms with E-state index < -0.39 is 17.6 Å². The summed E-state index contributed by atoms with van der Waals surface area (Å²) < 4.78 is 5.29. The van der Waals surface area contributed by atoms with Gasteiger partial charge in [-0.1, -0.05) is 42.5 Å². The fraction of sp³-hybridized carbons (Fsp3) is 0.263. The van der Waals surface area contributed by atoms with Crippen LogP contribution in [0.15, 0.2) is 54.6 Å². The Bertz CT molecular complexity index is 738. The lowest BCUT2D eigenvalue weighted by Crippen LogP contribution is -2.51. The molecule has 0 aromatic heterocycles. The molecule has 0 unspecified atom stereocenters. The van der Waals surface area contributed by atoms with Gasteiger partial charge in [-0.3, -0.25) is 0 Å². The van der Waals surface area contributed by atoms with E-state index in [1.807, 2.05) is 36.4 Å². The zero-order chi connectivity index (χ0) is 17.0. The van der Waals surface area contributed by atoms with Gasteiger partial charge in [0, 0.05) is 0 Å². The third-order valence-electron chi connectivity index (χ3n) is 4.42. The van der Waals surface area contributed by atoms with Gasteiger partial charge in [0.2, 0.25) is 0 Å². The van der Waals surface area contributed by atoms with E-state index in [-0.39, 0.29) is 12.2 Å². The average Bonchev–Trinajstić information content (AvgIpc) is 2.57. The van der Waals surface area contributed by atoms with Crippen LogP contribution in [0.25, 0.3) is 0 Å². The minimum atomic E-state index is -0.974. The quantitative estimate of drug-likeness (QED) is 0.879. The predicted molar refractivity (Wildman–Crippen MR) is 88.7 cm³/mol. The van der Waals surface area contributed by atoms with E-state index in [1.54, 1.807) is 18.2 Å². The van der Waals surface area contributed by atoms with Crippen molar-refractivity contribution in [3.8, 4) is 0 Å². The Kier molecular flexibility index (Phi) is 4.51. The van der Waals surface area contributed by atoms with Gasteiger partial charge in [-0.2, -0.15) is 0 Å². The number of carboxylic acid groups (broad SMARTS) is 1. The van der Waals surface area contributed by atoms with Crippen molar-refractivity contribution >= 4 is 12.1 Å². The molecule has 0 bridgehead atoms. The Morgan fingerprint density at radius 3 is 2.46 bits per heavy atom. The van der Waals surface area contributed by atoms with E-state index in [0.29, 0.717) is 0 Å². The Balaban J connectivity index is 1.68. The molecule has 124 valence electrons. The zero-order valence-electron chi connectivity index (χ0n) is 13.2. The van der Waals surface area contributed by atoms with Crippen LogP contribution in [0.5, 0.6) is 0 Å². The lowest BCUT2D eigenvalue weighted by atomic mass is 9.71. The van der Waals surface area contributed by atoms with Crippen molar-refractivity contribution in [3.05, 3.63) is 71.3 Å². The van der Waals surface area contributed by atoms with Crippen LogP contribution < -0.4 is 5.32 Å². The number of rotatable bonds is 5. The zero-order valence-corrected chi connectivity index (χ0v) is 13.2. The van der Waals surface area contributed by atoms with Crippen molar-refractivity contribution in [1.82, 2.24) is 5.32 Å². The largest absolute Gasteiger partial charge is 0.478 e. The first kappa shape index (κ1) is 16.1. The van der Waals surface area contributed by atoms with Crippen molar-refractivity contribution in [2.45, 2.75) is 31.4 Å². The number of carbonyl (C=O) groups is 2. The number of hydrogen-bond acceptors (Lipinski definition) is 3. The Labute approximate surface area is 140 Å². The average molecular weight is 325 g/mol. The van der Waals surface area contributed by atoms with Gasteiger partial charge < -0.3 is 15.2 Å². The summed E-state index contributed by atoms with van der Waals surface area (Å²) in [7, 11) is 0.